The smallest absolute Gasteiger partial charge is 0.431 e. The molecule has 0 aliphatic carbocycles. The Morgan fingerprint density at radius 3 is 0.357 bits per heavy atom. The highest BCUT2D eigenvalue weighted by molar-refractivity contribution is 5.63. The van der Waals surface area contributed by atoms with E-state index in [-0.39, 0.29) is 0 Å². The molecule has 0 radical (unpaired) electrons. The first-order valence-electron chi connectivity index (χ1n) is 40.6. The maximum Gasteiger partial charge on any atom is 0.508 e. The van der Waals surface area contributed by atoms with Gasteiger partial charge in [-0.3, -0.25) is 0 Å². The van der Waals surface area contributed by atoms with Crippen molar-refractivity contribution in [2.75, 3.05) is 46.2 Å². The van der Waals surface area contributed by atoms with Crippen molar-refractivity contribution in [2.24, 2.45) is 0 Å². The average molecular weight is 1840 g/mol. The molecular weight excluding hydrogens is 1710 g/mol. The van der Waals surface area contributed by atoms with Crippen LogP contribution in [0.5, 0.6) is 0 Å². The Kier molecular flexibility index (Phi) is 35.5. The Hall–Kier alpha value is -6.23. The summed E-state index contributed by atoms with van der Waals surface area (Å²) in [7, 11) is 0. The summed E-state index contributed by atoms with van der Waals surface area (Å²) in [5, 5.41) is 172. The summed E-state index contributed by atoms with van der Waals surface area (Å²) in [6.45, 7) is 23.0. The van der Waals surface area contributed by atoms with Crippen LogP contribution in [0.25, 0.3) is 0 Å². The van der Waals surface area contributed by atoms with E-state index in [1.807, 2.05) is 0 Å². The van der Waals surface area contributed by atoms with Gasteiger partial charge in [0.15, 0.2) is 44.0 Å². The molecule has 35 unspecified atom stereocenters. The molecule has 0 aromatic rings. The van der Waals surface area contributed by atoms with Crippen molar-refractivity contribution in [1.82, 2.24) is 0 Å². The van der Waals surface area contributed by atoms with Crippen LogP contribution in [0.2, 0.25) is 0 Å². The Morgan fingerprint density at radius 2 is 0.270 bits per heavy atom. The summed E-state index contributed by atoms with van der Waals surface area (Å²) >= 11 is 0. The number of hydrogen-bond donors (Lipinski definition) is 14. The molecule has 21 aliphatic rings. The lowest BCUT2D eigenvalue weighted by Gasteiger charge is -2.50. The molecule has 126 heavy (non-hydrogen) atoms. The highest BCUT2D eigenvalue weighted by atomic mass is 16.8. The van der Waals surface area contributed by atoms with Gasteiger partial charge in [0.05, 0.1) is 0 Å². The molecular formula is C77H126O49. The van der Waals surface area contributed by atoms with Crippen molar-refractivity contribution in [2.45, 2.75) is 400 Å². The highest BCUT2D eigenvalue weighted by Gasteiger charge is 2.61. The second-order valence-electron chi connectivity index (χ2n) is 37.8. The summed E-state index contributed by atoms with van der Waals surface area (Å²) in [5.41, 5.74) is -8.71. The van der Waals surface area contributed by atoms with Crippen molar-refractivity contribution in [3.8, 4) is 0 Å². The van der Waals surface area contributed by atoms with E-state index in [9.17, 15) is 105 Å². The second kappa shape index (κ2) is 42.5. The molecule has 49 nitrogen and oxygen atoms in total. The Balaban J connectivity index is 1.28. The van der Waals surface area contributed by atoms with E-state index >= 15 is 0 Å². The third kappa shape index (κ3) is 29.9. The fourth-order valence-electron chi connectivity index (χ4n) is 13.3. The molecule has 21 heterocycles. The zero-order chi connectivity index (χ0) is 94.5. The van der Waals surface area contributed by atoms with Crippen LogP contribution < -0.4 is 0 Å². The summed E-state index contributed by atoms with van der Waals surface area (Å²) in [6.07, 6.45) is -90.5. The van der Waals surface area contributed by atoms with E-state index in [4.69, 9.17) is 133 Å². The quantitative estimate of drug-likeness (QED) is 0.0694. The van der Waals surface area contributed by atoms with Crippen molar-refractivity contribution >= 4 is 43.1 Å². The summed E-state index contributed by atoms with van der Waals surface area (Å²) < 4.78 is 161. The van der Waals surface area contributed by atoms with E-state index in [2.05, 4.69) is 0 Å². The van der Waals surface area contributed by atoms with Crippen LogP contribution in [0, 0.1) is 0 Å². The van der Waals surface area contributed by atoms with Crippen molar-refractivity contribution in [1.29, 1.82) is 0 Å². The standard InChI is InChI=1S/C77H126O49/c1-71(2,3)120-64(92)99-22-29-50-36(78)43(85)57(106-29)114-51-30(23-100-65(93)121-72(4,5)6)108-59(45(87)38(51)80)116-53-32(25-102-67(95)123-74(10,11)12)110-61(47(89)40(53)82)118-55-34(27-104-69(97)125-76(16,17)18)112-63(49(91)42(55)84)119-56-35(28-105-70(98)126-77(19,20)21)111-62(48(90)41(56)83)117-54-33(26-103-68(96)124-75(13,14)15)109-60(46(88)39(54)81)115-52-31(24-101-66(94)122-73(7,8)9)107-58(113-50)44(86)37(52)79/h29-63,78-91H,22-28H2,1-21H3. The fourth-order valence-corrected chi connectivity index (χ4v) is 13.3. The molecule has 0 amide bonds. The summed E-state index contributed by atoms with van der Waals surface area (Å²) in [4.78, 5) is 93.6. The summed E-state index contributed by atoms with van der Waals surface area (Å²) in [5.74, 6) is 0. The molecule has 0 spiro atoms. The lowest BCUT2D eigenvalue weighted by Crippen LogP contribution is -2.68. The van der Waals surface area contributed by atoms with Gasteiger partial charge in [0.2, 0.25) is 0 Å². The predicted molar refractivity (Wildman–Crippen MR) is 404 cm³/mol. The zero-order valence-corrected chi connectivity index (χ0v) is 73.7. The number of ether oxygens (including phenoxy) is 28. The maximum absolute atomic E-state index is 13.4. The Labute approximate surface area is 724 Å². The minimum Gasteiger partial charge on any atom is -0.431 e. The van der Waals surface area contributed by atoms with Crippen LogP contribution in [0.4, 0.5) is 33.6 Å². The first-order valence-corrected chi connectivity index (χ1v) is 40.6. The highest BCUT2D eigenvalue weighted by Crippen LogP contribution is 2.41. The molecule has 14 bridgehead atoms. The monoisotopic (exact) mass is 1830 g/mol. The number of aliphatic hydroxyl groups excluding tert-OH is 14. The predicted octanol–water partition coefficient (Wildman–Crippen LogP) is -1.51. The lowest BCUT2D eigenvalue weighted by molar-refractivity contribution is -0.396. The van der Waals surface area contributed by atoms with Crippen LogP contribution in [0.1, 0.15) is 145 Å². The molecule has 21 aliphatic heterocycles. The molecule has 35 atom stereocenters. The topological polar surface area (TPSA) is 661 Å². The number of hydrogen-bond acceptors (Lipinski definition) is 49. The van der Waals surface area contributed by atoms with Gasteiger partial charge >= 0.3 is 43.1 Å². The molecule has 21 saturated heterocycles. The Bertz CT molecular complexity index is 2900. The summed E-state index contributed by atoms with van der Waals surface area (Å²) in [6, 6.07) is 0. The van der Waals surface area contributed by atoms with Gasteiger partial charge in [0.1, 0.15) is 256 Å². The van der Waals surface area contributed by atoms with E-state index in [0.717, 1.165) is 0 Å². The molecule has 14 N–H and O–H groups in total. The maximum atomic E-state index is 13.4. The number of carbonyl (C=O) groups is 7. The molecule has 0 aromatic heterocycles. The minimum atomic E-state index is -2.49. The number of rotatable bonds is 14. The third-order valence-electron chi connectivity index (χ3n) is 18.8. The van der Waals surface area contributed by atoms with E-state index in [0.29, 0.717) is 0 Å². The van der Waals surface area contributed by atoms with Crippen LogP contribution in [-0.4, -0.2) is 415 Å². The van der Waals surface area contributed by atoms with Gasteiger partial charge in [-0.25, -0.2) is 33.6 Å². The van der Waals surface area contributed by atoms with Gasteiger partial charge in [-0.2, -0.15) is 0 Å². The van der Waals surface area contributed by atoms with Gasteiger partial charge < -0.3 is 204 Å². The third-order valence-corrected chi connectivity index (χ3v) is 18.8. The molecule has 728 valence electrons. The zero-order valence-electron chi connectivity index (χ0n) is 73.7. The van der Waals surface area contributed by atoms with E-state index < -0.39 is 343 Å². The van der Waals surface area contributed by atoms with Crippen molar-refractivity contribution in [3.63, 3.8) is 0 Å². The number of aliphatic hydroxyl groups is 14. The first-order chi connectivity index (χ1) is 57.9. The molecule has 0 aromatic carbocycles. The van der Waals surface area contributed by atoms with Crippen molar-refractivity contribution < 1.29 is 238 Å². The van der Waals surface area contributed by atoms with Gasteiger partial charge in [0.25, 0.3) is 0 Å². The molecule has 21 fully saturated rings. The van der Waals surface area contributed by atoms with Crippen LogP contribution in [0.3, 0.4) is 0 Å². The van der Waals surface area contributed by atoms with E-state index in [1.54, 1.807) is 0 Å². The minimum absolute atomic E-state index is 1.09. The molecule has 0 saturated carbocycles. The normalized spacial score (nSPS) is 38.8. The van der Waals surface area contributed by atoms with Gasteiger partial charge in [-0.05, 0) is 145 Å². The number of carbonyl (C=O) groups excluding carboxylic acids is 7. The average Bonchev–Trinajstić information content (AvgIpc) is 0.784. The van der Waals surface area contributed by atoms with Crippen molar-refractivity contribution in [3.05, 3.63) is 0 Å². The van der Waals surface area contributed by atoms with Gasteiger partial charge in [-0.1, -0.05) is 0 Å². The largest absolute Gasteiger partial charge is 0.508 e. The lowest BCUT2D eigenvalue weighted by atomic mass is 9.95. The van der Waals surface area contributed by atoms with Gasteiger partial charge in [-0.15, -0.1) is 0 Å². The van der Waals surface area contributed by atoms with Gasteiger partial charge in [0, 0.05) is 0 Å². The molecule has 21 rings (SSSR count). The van der Waals surface area contributed by atoms with Crippen LogP contribution in [0.15, 0.2) is 0 Å². The van der Waals surface area contributed by atoms with E-state index in [1.165, 1.54) is 145 Å². The van der Waals surface area contributed by atoms with Crippen LogP contribution in [-0.2, 0) is 133 Å². The second-order valence-corrected chi connectivity index (χ2v) is 37.8. The fraction of sp³-hybridized carbons (Fsp3) is 0.909. The first kappa shape index (κ1) is 105. The Morgan fingerprint density at radius 1 is 0.175 bits per heavy atom. The molecule has 49 heteroatoms. The SMILES string of the molecule is CC(C)(C)OC(=O)OCC1OC2OC3C(COC(=O)OC(C)(C)C)OC(OC4C(COC(=O)OC(C)(C)C)OC(OC5C(COC(=O)OC(C)(C)C)OC(OC6C(COC(=O)OC(C)(C)C)OC(OC7C(COC(=O)OC(C)(C)C)OC(OC8C(COC(=O)OC(C)(C)C)OC(OC1C(O)C2O)C(O)C8O)C(O)C7O)C(O)C6O)C(O)C5O)C(O)C4O)C(O)C3O. The van der Waals surface area contributed by atoms with Crippen LogP contribution >= 0.6 is 0 Å².